The fraction of sp³-hybridized carbons (Fsp3) is 0.429. The van der Waals surface area contributed by atoms with Crippen LogP contribution in [0.1, 0.15) is 47.0 Å². The van der Waals surface area contributed by atoms with Crippen molar-refractivity contribution in [2.75, 3.05) is 0 Å². The molecular weight excluding hydrogens is 376 g/mol. The number of nitrogens with zero attached hydrogens (tertiary/aromatic N) is 2. The van der Waals surface area contributed by atoms with E-state index in [1.807, 2.05) is 0 Å². The Labute approximate surface area is 169 Å². The second-order valence-electron chi connectivity index (χ2n) is 7.65. The van der Waals surface area contributed by atoms with Crippen molar-refractivity contribution in [1.29, 1.82) is 0 Å². The van der Waals surface area contributed by atoms with E-state index in [4.69, 9.17) is 11.6 Å². The molecule has 2 aromatic rings. The van der Waals surface area contributed by atoms with Crippen molar-refractivity contribution >= 4 is 23.4 Å². The number of carbonyl (C=O) groups is 2. The summed E-state index contributed by atoms with van der Waals surface area (Å²) in [6.07, 6.45) is 4.35. The van der Waals surface area contributed by atoms with E-state index in [1.165, 1.54) is 0 Å². The zero-order valence-electron chi connectivity index (χ0n) is 15.6. The van der Waals surface area contributed by atoms with Crippen LogP contribution in [0.4, 0.5) is 0 Å². The topological polar surface area (TPSA) is 84.0 Å². The first kappa shape index (κ1) is 18.9. The molecule has 0 radical (unpaired) electrons. The van der Waals surface area contributed by atoms with E-state index in [0.717, 1.165) is 19.3 Å². The third-order valence-electron chi connectivity index (χ3n) is 5.98. The molecule has 2 unspecified atom stereocenters. The lowest BCUT2D eigenvalue weighted by molar-refractivity contribution is 0.0926. The monoisotopic (exact) mass is 398 g/mol. The van der Waals surface area contributed by atoms with Gasteiger partial charge in [-0.2, -0.15) is 5.10 Å². The standard InChI is InChI=1S/C21H23ClN4O2/c1-2-17(25-20(27)12-5-7-13(22)8-6-12)19-15-10-14(11-16(15)19)24-21(28)18-4-3-9-23-26-18/h3-9,14-17,19H,2,10-11H2,1H3,(H,24,28)(H,25,27)/t14-,15-,16?,17?,19+/m0/s1. The van der Waals surface area contributed by atoms with Crippen LogP contribution in [-0.4, -0.2) is 34.1 Å². The van der Waals surface area contributed by atoms with Crippen LogP contribution in [0.15, 0.2) is 42.6 Å². The van der Waals surface area contributed by atoms with Gasteiger partial charge in [0.05, 0.1) is 0 Å². The summed E-state index contributed by atoms with van der Waals surface area (Å²) in [5.41, 5.74) is 0.976. The molecule has 1 heterocycles. The Morgan fingerprint density at radius 3 is 2.46 bits per heavy atom. The maximum atomic E-state index is 12.5. The molecular formula is C21H23ClN4O2. The molecule has 146 valence electrons. The van der Waals surface area contributed by atoms with Crippen LogP contribution in [0.2, 0.25) is 5.02 Å². The first-order valence-corrected chi connectivity index (χ1v) is 10.1. The van der Waals surface area contributed by atoms with Crippen molar-refractivity contribution in [2.45, 2.75) is 38.3 Å². The van der Waals surface area contributed by atoms with Crippen molar-refractivity contribution in [3.63, 3.8) is 0 Å². The molecule has 0 spiro atoms. The summed E-state index contributed by atoms with van der Waals surface area (Å²) < 4.78 is 0. The third-order valence-corrected chi connectivity index (χ3v) is 6.23. The molecule has 2 amide bonds. The van der Waals surface area contributed by atoms with Gasteiger partial charge in [-0.25, -0.2) is 0 Å². The smallest absolute Gasteiger partial charge is 0.272 e. The SMILES string of the molecule is CCC(NC(=O)c1ccc(Cl)cc1)[C@H]1C2C[C@@H](NC(=O)c3cccnn3)C[C@@H]21. The molecule has 0 aliphatic heterocycles. The lowest BCUT2D eigenvalue weighted by atomic mass is 9.99. The van der Waals surface area contributed by atoms with E-state index in [1.54, 1.807) is 42.6 Å². The predicted molar refractivity (Wildman–Crippen MR) is 106 cm³/mol. The van der Waals surface area contributed by atoms with Crippen molar-refractivity contribution in [1.82, 2.24) is 20.8 Å². The summed E-state index contributed by atoms with van der Waals surface area (Å²) in [6, 6.07) is 10.7. The zero-order chi connectivity index (χ0) is 19.7. The second kappa shape index (κ2) is 7.87. The Hall–Kier alpha value is -2.47. The van der Waals surface area contributed by atoms with Gasteiger partial charge in [0, 0.05) is 28.9 Å². The fourth-order valence-electron chi connectivity index (χ4n) is 4.61. The zero-order valence-corrected chi connectivity index (χ0v) is 16.4. The summed E-state index contributed by atoms with van der Waals surface area (Å²) in [7, 11) is 0. The number of benzene rings is 1. The quantitative estimate of drug-likeness (QED) is 0.783. The van der Waals surface area contributed by atoms with Gasteiger partial charge >= 0.3 is 0 Å². The van der Waals surface area contributed by atoms with Crippen molar-refractivity contribution in [3.8, 4) is 0 Å². The average molecular weight is 399 g/mol. The van der Waals surface area contributed by atoms with Crippen molar-refractivity contribution in [3.05, 3.63) is 58.9 Å². The van der Waals surface area contributed by atoms with Gasteiger partial charge in [-0.05, 0) is 73.4 Å². The molecule has 2 aliphatic carbocycles. The summed E-state index contributed by atoms with van der Waals surface area (Å²) in [4.78, 5) is 24.8. The van der Waals surface area contributed by atoms with E-state index in [0.29, 0.717) is 34.0 Å². The fourth-order valence-corrected chi connectivity index (χ4v) is 4.74. The van der Waals surface area contributed by atoms with Crippen LogP contribution in [0.5, 0.6) is 0 Å². The number of rotatable bonds is 6. The van der Waals surface area contributed by atoms with Crippen LogP contribution < -0.4 is 10.6 Å². The Morgan fingerprint density at radius 2 is 1.86 bits per heavy atom. The van der Waals surface area contributed by atoms with Gasteiger partial charge in [0.2, 0.25) is 0 Å². The highest BCUT2D eigenvalue weighted by Crippen LogP contribution is 2.59. The minimum Gasteiger partial charge on any atom is -0.349 e. The van der Waals surface area contributed by atoms with E-state index < -0.39 is 0 Å². The van der Waals surface area contributed by atoms with Gasteiger partial charge in [-0.15, -0.1) is 5.10 Å². The van der Waals surface area contributed by atoms with Gasteiger partial charge in [0.15, 0.2) is 5.69 Å². The molecule has 1 aromatic carbocycles. The van der Waals surface area contributed by atoms with E-state index in [9.17, 15) is 9.59 Å². The predicted octanol–water partition coefficient (Wildman–Crippen LogP) is 3.09. The first-order chi connectivity index (χ1) is 13.6. The van der Waals surface area contributed by atoms with Crippen LogP contribution >= 0.6 is 11.6 Å². The molecule has 0 saturated heterocycles. The number of aromatic nitrogens is 2. The molecule has 7 heteroatoms. The Balaban J connectivity index is 1.30. The summed E-state index contributed by atoms with van der Waals surface area (Å²) in [6.45, 7) is 2.11. The van der Waals surface area contributed by atoms with Crippen LogP contribution in [0.3, 0.4) is 0 Å². The lowest BCUT2D eigenvalue weighted by Gasteiger charge is -2.22. The summed E-state index contributed by atoms with van der Waals surface area (Å²) >= 11 is 5.89. The average Bonchev–Trinajstić information content (AvgIpc) is 3.20. The normalized spacial score (nSPS) is 26.2. The maximum absolute atomic E-state index is 12.5. The Kier molecular flexibility index (Phi) is 5.31. The number of halogens is 1. The Bertz CT molecular complexity index is 846. The molecule has 2 N–H and O–H groups in total. The number of nitrogens with one attached hydrogen (secondary N) is 2. The van der Waals surface area contributed by atoms with Gasteiger partial charge < -0.3 is 10.6 Å². The molecule has 2 aliphatic rings. The Morgan fingerprint density at radius 1 is 1.14 bits per heavy atom. The minimum absolute atomic E-state index is 0.0546. The number of amides is 2. The van der Waals surface area contributed by atoms with Crippen LogP contribution in [0.25, 0.3) is 0 Å². The van der Waals surface area contributed by atoms with Gasteiger partial charge in [0.1, 0.15) is 0 Å². The molecule has 5 atom stereocenters. The van der Waals surface area contributed by atoms with E-state index in [-0.39, 0.29) is 23.9 Å². The summed E-state index contributed by atoms with van der Waals surface area (Å²) in [5.74, 6) is 1.39. The van der Waals surface area contributed by atoms with Crippen LogP contribution in [-0.2, 0) is 0 Å². The largest absolute Gasteiger partial charge is 0.349 e. The number of fused-ring (bicyclic) bond motifs is 1. The molecule has 1 aromatic heterocycles. The first-order valence-electron chi connectivity index (χ1n) is 9.71. The lowest BCUT2D eigenvalue weighted by Crippen LogP contribution is -2.39. The highest BCUT2D eigenvalue weighted by atomic mass is 35.5. The highest BCUT2D eigenvalue weighted by Gasteiger charge is 2.58. The van der Waals surface area contributed by atoms with E-state index >= 15 is 0 Å². The van der Waals surface area contributed by atoms with Gasteiger partial charge in [-0.3, -0.25) is 9.59 Å². The molecule has 6 nitrogen and oxygen atoms in total. The number of carbonyl (C=O) groups excluding carboxylic acids is 2. The maximum Gasteiger partial charge on any atom is 0.272 e. The molecule has 0 bridgehead atoms. The van der Waals surface area contributed by atoms with Crippen molar-refractivity contribution in [2.24, 2.45) is 17.8 Å². The van der Waals surface area contributed by atoms with Gasteiger partial charge in [0.25, 0.3) is 11.8 Å². The minimum atomic E-state index is -0.168. The third kappa shape index (κ3) is 3.87. The number of hydrogen-bond donors (Lipinski definition) is 2. The van der Waals surface area contributed by atoms with Crippen LogP contribution in [0, 0.1) is 17.8 Å². The summed E-state index contributed by atoms with van der Waals surface area (Å²) in [5, 5.41) is 14.5. The molecule has 4 rings (SSSR count). The number of hydrogen-bond acceptors (Lipinski definition) is 4. The van der Waals surface area contributed by atoms with Crippen molar-refractivity contribution < 1.29 is 9.59 Å². The van der Waals surface area contributed by atoms with E-state index in [2.05, 4.69) is 27.8 Å². The second-order valence-corrected chi connectivity index (χ2v) is 8.09. The molecule has 2 fully saturated rings. The highest BCUT2D eigenvalue weighted by molar-refractivity contribution is 6.30. The molecule has 28 heavy (non-hydrogen) atoms. The van der Waals surface area contributed by atoms with Gasteiger partial charge in [-0.1, -0.05) is 18.5 Å². The molecule has 2 saturated carbocycles.